The highest BCUT2D eigenvalue weighted by molar-refractivity contribution is 14.0. The molecule has 0 unspecified atom stereocenters. The van der Waals surface area contributed by atoms with Gasteiger partial charge in [-0.25, -0.2) is 4.98 Å². The Kier molecular flexibility index (Phi) is 7.00. The summed E-state index contributed by atoms with van der Waals surface area (Å²) in [4.78, 5) is 8.87. The molecule has 3 rings (SSSR count). The second kappa shape index (κ2) is 9.22. The van der Waals surface area contributed by atoms with Gasteiger partial charge in [-0.1, -0.05) is 35.9 Å². The Labute approximate surface area is 164 Å². The van der Waals surface area contributed by atoms with Gasteiger partial charge in [0, 0.05) is 17.6 Å². The molecule has 0 aliphatic carbocycles. The van der Waals surface area contributed by atoms with Crippen LogP contribution in [-0.4, -0.2) is 24.0 Å². The molecule has 0 saturated heterocycles. The molecule has 0 saturated carbocycles. The van der Waals surface area contributed by atoms with Crippen molar-refractivity contribution in [3.63, 3.8) is 0 Å². The number of nitrogens with one attached hydrogen (secondary N) is 2. The third kappa shape index (κ3) is 5.60. The zero-order valence-corrected chi connectivity index (χ0v) is 16.4. The van der Waals surface area contributed by atoms with Crippen LogP contribution in [0.25, 0.3) is 10.9 Å². The van der Waals surface area contributed by atoms with E-state index >= 15 is 0 Å². The molecule has 3 aromatic rings. The van der Waals surface area contributed by atoms with Gasteiger partial charge in [0.2, 0.25) is 0 Å². The first-order chi connectivity index (χ1) is 11.7. The molecule has 0 atom stereocenters. The first-order valence-corrected chi connectivity index (χ1v) is 7.94. The predicted molar refractivity (Wildman–Crippen MR) is 117 cm³/mol. The van der Waals surface area contributed by atoms with E-state index in [4.69, 9.17) is 5.73 Å². The van der Waals surface area contributed by atoms with E-state index in [1.807, 2.05) is 61.5 Å². The molecule has 4 N–H and O–H groups in total. The smallest absolute Gasteiger partial charge is 0.193 e. The summed E-state index contributed by atoms with van der Waals surface area (Å²) < 4.78 is 0. The molecule has 1 aromatic heterocycles. The van der Waals surface area contributed by atoms with E-state index in [1.54, 1.807) is 0 Å². The summed E-state index contributed by atoms with van der Waals surface area (Å²) in [6, 6.07) is 20.1. The van der Waals surface area contributed by atoms with Gasteiger partial charge < -0.3 is 16.4 Å². The summed E-state index contributed by atoms with van der Waals surface area (Å²) in [6.45, 7) is 3.29. The number of nitrogens with zero attached hydrogens (tertiary/aromatic N) is 2. The lowest BCUT2D eigenvalue weighted by Gasteiger charge is -2.07. The van der Waals surface area contributed by atoms with Gasteiger partial charge in [0.15, 0.2) is 5.96 Å². The first kappa shape index (κ1) is 19.0. The van der Waals surface area contributed by atoms with E-state index in [1.165, 1.54) is 5.56 Å². The van der Waals surface area contributed by atoms with Gasteiger partial charge in [0.25, 0.3) is 0 Å². The third-order valence-electron chi connectivity index (χ3n) is 3.62. The van der Waals surface area contributed by atoms with Gasteiger partial charge in [-0.3, -0.25) is 4.99 Å². The van der Waals surface area contributed by atoms with Crippen LogP contribution >= 0.6 is 24.0 Å². The van der Waals surface area contributed by atoms with E-state index in [-0.39, 0.29) is 24.0 Å². The number of aromatic nitrogens is 1. The van der Waals surface area contributed by atoms with Crippen molar-refractivity contribution < 1.29 is 0 Å². The van der Waals surface area contributed by atoms with E-state index < -0.39 is 0 Å². The van der Waals surface area contributed by atoms with E-state index in [0.717, 1.165) is 22.4 Å². The SMILES string of the molecule is Cc1ccc(NC(N)=NCCNc2ccc3ccccc3n2)cc1.I. The van der Waals surface area contributed by atoms with Gasteiger partial charge in [-0.05, 0) is 37.3 Å². The number of anilines is 2. The van der Waals surface area contributed by atoms with Crippen LogP contribution in [0.15, 0.2) is 65.7 Å². The second-order valence-electron chi connectivity index (χ2n) is 5.57. The lowest BCUT2D eigenvalue weighted by molar-refractivity contribution is 1.01. The lowest BCUT2D eigenvalue weighted by Crippen LogP contribution is -2.23. The summed E-state index contributed by atoms with van der Waals surface area (Å²) >= 11 is 0. The van der Waals surface area contributed by atoms with E-state index in [0.29, 0.717) is 19.0 Å². The van der Waals surface area contributed by atoms with Crippen molar-refractivity contribution in [2.75, 3.05) is 23.7 Å². The molecule has 0 radical (unpaired) electrons. The minimum absolute atomic E-state index is 0. The highest BCUT2D eigenvalue weighted by atomic mass is 127. The molecule has 1 heterocycles. The predicted octanol–water partition coefficient (Wildman–Crippen LogP) is 4.00. The average Bonchev–Trinajstić information content (AvgIpc) is 2.60. The highest BCUT2D eigenvalue weighted by Gasteiger charge is 1.97. The molecule has 2 aromatic carbocycles. The standard InChI is InChI=1S/C19H21N5.HI/c1-14-6-9-16(10-7-14)23-19(20)22-13-12-21-18-11-8-15-4-2-3-5-17(15)24-18;/h2-11H,12-13H2,1H3,(H,21,24)(H3,20,22,23);1H. The number of hydrogen-bond donors (Lipinski definition) is 3. The average molecular weight is 447 g/mol. The Morgan fingerprint density at radius 1 is 1.04 bits per heavy atom. The molecule has 25 heavy (non-hydrogen) atoms. The minimum atomic E-state index is 0. The van der Waals surface area contributed by atoms with Crippen LogP contribution in [0.3, 0.4) is 0 Å². The van der Waals surface area contributed by atoms with Crippen molar-refractivity contribution in [2.24, 2.45) is 10.7 Å². The molecule has 6 heteroatoms. The molecule has 0 aliphatic heterocycles. The summed E-state index contributed by atoms with van der Waals surface area (Å²) in [7, 11) is 0. The van der Waals surface area contributed by atoms with Crippen LogP contribution in [0.4, 0.5) is 11.5 Å². The van der Waals surface area contributed by atoms with Crippen molar-refractivity contribution in [3.05, 3.63) is 66.2 Å². The molecular weight excluding hydrogens is 425 g/mol. The molecule has 0 aliphatic rings. The summed E-state index contributed by atoms with van der Waals surface area (Å²) in [6.07, 6.45) is 0. The molecular formula is C19H22IN5. The fourth-order valence-electron chi connectivity index (χ4n) is 2.35. The van der Waals surface area contributed by atoms with Crippen molar-refractivity contribution in [1.82, 2.24) is 4.98 Å². The Morgan fingerprint density at radius 2 is 1.80 bits per heavy atom. The molecule has 0 fully saturated rings. The van der Waals surface area contributed by atoms with Crippen LogP contribution in [0.5, 0.6) is 0 Å². The van der Waals surface area contributed by atoms with Crippen LogP contribution in [-0.2, 0) is 0 Å². The molecule has 0 spiro atoms. The third-order valence-corrected chi connectivity index (χ3v) is 3.62. The van der Waals surface area contributed by atoms with Gasteiger partial charge in [-0.15, -0.1) is 24.0 Å². The number of nitrogens with two attached hydrogens (primary N) is 1. The number of hydrogen-bond acceptors (Lipinski definition) is 3. The van der Waals surface area contributed by atoms with Gasteiger partial charge in [0.05, 0.1) is 12.1 Å². The maximum Gasteiger partial charge on any atom is 0.193 e. The van der Waals surface area contributed by atoms with Crippen LogP contribution in [0.2, 0.25) is 0 Å². The molecule has 5 nitrogen and oxygen atoms in total. The maximum atomic E-state index is 5.89. The monoisotopic (exact) mass is 447 g/mol. The first-order valence-electron chi connectivity index (χ1n) is 7.94. The van der Waals surface area contributed by atoms with Crippen molar-refractivity contribution in [1.29, 1.82) is 0 Å². The van der Waals surface area contributed by atoms with Crippen LogP contribution in [0.1, 0.15) is 5.56 Å². The number of rotatable bonds is 5. The quantitative estimate of drug-likeness (QED) is 0.239. The normalized spacial score (nSPS) is 11.0. The summed E-state index contributed by atoms with van der Waals surface area (Å²) in [5.41, 5.74) is 9.02. The van der Waals surface area contributed by atoms with Crippen molar-refractivity contribution in [3.8, 4) is 0 Å². The topological polar surface area (TPSA) is 75.3 Å². The number of aryl methyl sites for hydroxylation is 1. The number of guanidine groups is 1. The Hall–Kier alpha value is -2.35. The molecule has 0 bridgehead atoms. The molecule has 130 valence electrons. The fourth-order valence-corrected chi connectivity index (χ4v) is 2.35. The lowest BCUT2D eigenvalue weighted by atomic mass is 10.2. The maximum absolute atomic E-state index is 5.89. The number of pyridine rings is 1. The van der Waals surface area contributed by atoms with Crippen LogP contribution in [0, 0.1) is 6.92 Å². The number of fused-ring (bicyclic) bond motifs is 1. The summed E-state index contributed by atoms with van der Waals surface area (Å²) in [5, 5.41) is 7.47. The zero-order valence-electron chi connectivity index (χ0n) is 14.1. The summed E-state index contributed by atoms with van der Waals surface area (Å²) in [5.74, 6) is 1.25. The second-order valence-corrected chi connectivity index (χ2v) is 5.57. The fraction of sp³-hybridized carbons (Fsp3) is 0.158. The van der Waals surface area contributed by atoms with E-state index in [2.05, 4.69) is 26.7 Å². The Morgan fingerprint density at radius 3 is 2.60 bits per heavy atom. The minimum Gasteiger partial charge on any atom is -0.370 e. The van der Waals surface area contributed by atoms with Gasteiger partial charge in [-0.2, -0.15) is 0 Å². The number of benzene rings is 2. The van der Waals surface area contributed by atoms with Crippen molar-refractivity contribution in [2.45, 2.75) is 6.92 Å². The largest absolute Gasteiger partial charge is 0.370 e. The van der Waals surface area contributed by atoms with E-state index in [9.17, 15) is 0 Å². The van der Waals surface area contributed by atoms with Crippen molar-refractivity contribution >= 4 is 52.3 Å². The molecule has 0 amide bonds. The number of aliphatic imine (C=N–C) groups is 1. The Balaban J connectivity index is 0.00000225. The highest BCUT2D eigenvalue weighted by Crippen LogP contribution is 2.14. The zero-order chi connectivity index (χ0) is 16.8. The number of para-hydroxylation sites is 1. The van der Waals surface area contributed by atoms with Gasteiger partial charge in [0.1, 0.15) is 5.82 Å². The number of halogens is 1. The van der Waals surface area contributed by atoms with Crippen LogP contribution < -0.4 is 16.4 Å². The van der Waals surface area contributed by atoms with Gasteiger partial charge >= 0.3 is 0 Å². The Bertz CT molecular complexity index is 846.